The highest BCUT2D eigenvalue weighted by atomic mass is 16.5. The lowest BCUT2D eigenvalue weighted by Crippen LogP contribution is -2.07. The first-order valence-electron chi connectivity index (χ1n) is 8.59. The standard InChI is InChI=1S/C23H20O4/c1-16(24)20-12-13-22(26-2)21(14-20)15-27-23(25)19-10-8-18(9-11-19)17-6-4-3-5-7-17/h3-14H,15H2,1-2H3. The summed E-state index contributed by atoms with van der Waals surface area (Å²) in [6.07, 6.45) is 0. The van der Waals surface area contributed by atoms with Crippen molar-refractivity contribution in [2.45, 2.75) is 13.5 Å². The molecule has 0 fully saturated rings. The highest BCUT2D eigenvalue weighted by Gasteiger charge is 2.12. The van der Waals surface area contributed by atoms with Crippen LogP contribution < -0.4 is 4.74 Å². The summed E-state index contributed by atoms with van der Waals surface area (Å²) >= 11 is 0. The van der Waals surface area contributed by atoms with Crippen molar-refractivity contribution in [2.75, 3.05) is 7.11 Å². The van der Waals surface area contributed by atoms with Gasteiger partial charge in [0.05, 0.1) is 12.7 Å². The molecule has 0 aliphatic carbocycles. The maximum Gasteiger partial charge on any atom is 0.338 e. The van der Waals surface area contributed by atoms with E-state index in [0.717, 1.165) is 11.1 Å². The number of carbonyl (C=O) groups is 2. The third-order valence-corrected chi connectivity index (χ3v) is 4.27. The van der Waals surface area contributed by atoms with E-state index in [1.165, 1.54) is 14.0 Å². The van der Waals surface area contributed by atoms with Crippen LogP contribution in [0.1, 0.15) is 33.2 Å². The van der Waals surface area contributed by atoms with Crippen molar-refractivity contribution in [1.29, 1.82) is 0 Å². The molecule has 4 nitrogen and oxygen atoms in total. The number of carbonyl (C=O) groups excluding carboxylic acids is 2. The minimum Gasteiger partial charge on any atom is -0.496 e. The summed E-state index contributed by atoms with van der Waals surface area (Å²) in [5, 5.41) is 0. The maximum atomic E-state index is 12.4. The minimum atomic E-state index is -0.426. The van der Waals surface area contributed by atoms with Crippen molar-refractivity contribution < 1.29 is 19.1 Å². The number of ether oxygens (including phenoxy) is 2. The fraction of sp³-hybridized carbons (Fsp3) is 0.130. The Hall–Kier alpha value is -3.40. The van der Waals surface area contributed by atoms with Crippen LogP contribution in [0.4, 0.5) is 0 Å². The SMILES string of the molecule is COc1ccc(C(C)=O)cc1COC(=O)c1ccc(-c2ccccc2)cc1. The summed E-state index contributed by atoms with van der Waals surface area (Å²) in [5.41, 5.74) is 3.79. The molecule has 0 N–H and O–H groups in total. The molecule has 3 aromatic rings. The first-order valence-corrected chi connectivity index (χ1v) is 8.59. The molecule has 0 spiro atoms. The van der Waals surface area contributed by atoms with Crippen LogP contribution >= 0.6 is 0 Å². The van der Waals surface area contributed by atoms with Gasteiger partial charge in [-0.1, -0.05) is 42.5 Å². The molecular formula is C23H20O4. The molecule has 4 heteroatoms. The Morgan fingerprint density at radius 1 is 0.815 bits per heavy atom. The molecule has 0 heterocycles. The molecule has 0 amide bonds. The van der Waals surface area contributed by atoms with Gasteiger partial charge in [-0.2, -0.15) is 0 Å². The molecule has 136 valence electrons. The highest BCUT2D eigenvalue weighted by molar-refractivity contribution is 5.94. The van der Waals surface area contributed by atoms with Crippen LogP contribution in [0.2, 0.25) is 0 Å². The minimum absolute atomic E-state index is 0.0313. The van der Waals surface area contributed by atoms with E-state index in [0.29, 0.717) is 22.4 Å². The van der Waals surface area contributed by atoms with Gasteiger partial charge in [0.1, 0.15) is 12.4 Å². The zero-order valence-electron chi connectivity index (χ0n) is 15.3. The van der Waals surface area contributed by atoms with E-state index in [1.807, 2.05) is 42.5 Å². The molecule has 0 saturated carbocycles. The van der Waals surface area contributed by atoms with Crippen molar-refractivity contribution >= 4 is 11.8 Å². The Kier molecular flexibility index (Phi) is 5.67. The van der Waals surface area contributed by atoms with Crippen LogP contribution in [0.5, 0.6) is 5.75 Å². The normalized spacial score (nSPS) is 10.3. The molecule has 3 aromatic carbocycles. The lowest BCUT2D eigenvalue weighted by Gasteiger charge is -2.11. The molecule has 0 aromatic heterocycles. The molecule has 0 atom stereocenters. The van der Waals surface area contributed by atoms with Gasteiger partial charge in [0.2, 0.25) is 0 Å². The van der Waals surface area contributed by atoms with E-state index in [1.54, 1.807) is 30.3 Å². The van der Waals surface area contributed by atoms with Gasteiger partial charge in [-0.15, -0.1) is 0 Å². The number of hydrogen-bond donors (Lipinski definition) is 0. The summed E-state index contributed by atoms with van der Waals surface area (Å²) in [5.74, 6) is 0.0962. The van der Waals surface area contributed by atoms with Gasteiger partial charge in [-0.3, -0.25) is 4.79 Å². The van der Waals surface area contributed by atoms with Gasteiger partial charge in [-0.25, -0.2) is 4.79 Å². The molecule has 0 saturated heterocycles. The van der Waals surface area contributed by atoms with Crippen molar-refractivity contribution in [3.63, 3.8) is 0 Å². The molecule has 3 rings (SSSR count). The van der Waals surface area contributed by atoms with Gasteiger partial charge >= 0.3 is 5.97 Å². The molecule has 0 unspecified atom stereocenters. The van der Waals surface area contributed by atoms with Crippen LogP contribution in [0, 0.1) is 0 Å². The second kappa shape index (κ2) is 8.32. The summed E-state index contributed by atoms with van der Waals surface area (Å²) in [7, 11) is 1.54. The lowest BCUT2D eigenvalue weighted by molar-refractivity contribution is 0.0470. The average Bonchev–Trinajstić information content (AvgIpc) is 2.72. The van der Waals surface area contributed by atoms with Crippen LogP contribution in [0.25, 0.3) is 11.1 Å². The largest absolute Gasteiger partial charge is 0.496 e. The molecule has 0 aliphatic rings. The summed E-state index contributed by atoms with van der Waals surface area (Å²) in [6, 6.07) is 22.3. The summed E-state index contributed by atoms with van der Waals surface area (Å²) < 4.78 is 10.7. The maximum absolute atomic E-state index is 12.4. The van der Waals surface area contributed by atoms with Crippen LogP contribution in [-0.4, -0.2) is 18.9 Å². The van der Waals surface area contributed by atoms with E-state index in [4.69, 9.17) is 9.47 Å². The van der Waals surface area contributed by atoms with Crippen LogP contribution in [0.15, 0.2) is 72.8 Å². The van der Waals surface area contributed by atoms with Gasteiger partial charge < -0.3 is 9.47 Å². The number of benzene rings is 3. The first kappa shape index (κ1) is 18.4. The monoisotopic (exact) mass is 360 g/mol. The molecule has 0 aliphatic heterocycles. The number of rotatable bonds is 6. The Labute approximate surface area is 158 Å². The fourth-order valence-electron chi connectivity index (χ4n) is 2.77. The number of esters is 1. The lowest BCUT2D eigenvalue weighted by atomic mass is 10.0. The third-order valence-electron chi connectivity index (χ3n) is 4.27. The predicted octanol–water partition coefficient (Wildman–Crippen LogP) is 4.92. The molecule has 0 bridgehead atoms. The second-order valence-electron chi connectivity index (χ2n) is 6.10. The Morgan fingerprint density at radius 3 is 2.07 bits per heavy atom. The van der Waals surface area contributed by atoms with Crippen molar-refractivity contribution in [3.05, 3.63) is 89.5 Å². The fourth-order valence-corrected chi connectivity index (χ4v) is 2.77. The first-order chi connectivity index (χ1) is 13.1. The van der Waals surface area contributed by atoms with E-state index in [9.17, 15) is 9.59 Å². The number of ketones is 1. The predicted molar refractivity (Wildman–Crippen MR) is 104 cm³/mol. The van der Waals surface area contributed by atoms with Crippen molar-refractivity contribution in [2.24, 2.45) is 0 Å². The Balaban J connectivity index is 1.71. The smallest absolute Gasteiger partial charge is 0.338 e. The van der Waals surface area contributed by atoms with E-state index in [2.05, 4.69) is 0 Å². The van der Waals surface area contributed by atoms with E-state index >= 15 is 0 Å². The van der Waals surface area contributed by atoms with Gasteiger partial charge in [-0.05, 0) is 48.4 Å². The quantitative estimate of drug-likeness (QED) is 0.462. The topological polar surface area (TPSA) is 52.6 Å². The summed E-state index contributed by atoms with van der Waals surface area (Å²) in [4.78, 5) is 23.9. The van der Waals surface area contributed by atoms with Crippen LogP contribution in [-0.2, 0) is 11.3 Å². The molecule has 27 heavy (non-hydrogen) atoms. The van der Waals surface area contributed by atoms with Crippen molar-refractivity contribution in [1.82, 2.24) is 0 Å². The van der Waals surface area contributed by atoms with Gasteiger partial charge in [0.25, 0.3) is 0 Å². The van der Waals surface area contributed by atoms with Crippen LogP contribution in [0.3, 0.4) is 0 Å². The Morgan fingerprint density at radius 2 is 1.44 bits per heavy atom. The zero-order valence-corrected chi connectivity index (χ0v) is 15.3. The number of methoxy groups -OCH3 is 1. The number of Topliss-reactive ketones (excluding diaryl/α,β-unsaturated/α-hetero) is 1. The highest BCUT2D eigenvalue weighted by Crippen LogP contribution is 2.23. The zero-order chi connectivity index (χ0) is 19.2. The van der Waals surface area contributed by atoms with Gasteiger partial charge in [0, 0.05) is 11.1 Å². The third kappa shape index (κ3) is 4.42. The van der Waals surface area contributed by atoms with E-state index < -0.39 is 5.97 Å². The average molecular weight is 360 g/mol. The molecule has 0 radical (unpaired) electrons. The molecular weight excluding hydrogens is 340 g/mol. The summed E-state index contributed by atoms with van der Waals surface area (Å²) in [6.45, 7) is 1.52. The second-order valence-corrected chi connectivity index (χ2v) is 6.10. The Bertz CT molecular complexity index is 944. The van der Waals surface area contributed by atoms with E-state index in [-0.39, 0.29) is 12.4 Å². The van der Waals surface area contributed by atoms with Crippen molar-refractivity contribution in [3.8, 4) is 16.9 Å². The number of hydrogen-bond acceptors (Lipinski definition) is 4. The van der Waals surface area contributed by atoms with Gasteiger partial charge in [0.15, 0.2) is 5.78 Å².